The largest absolute Gasteiger partial charge is 0.377 e. The first kappa shape index (κ1) is 11.7. The van der Waals surface area contributed by atoms with E-state index >= 15 is 0 Å². The van der Waals surface area contributed by atoms with Crippen LogP contribution in [0.25, 0.3) is 10.9 Å². The maximum absolute atomic E-state index is 13.0. The predicted octanol–water partition coefficient (Wildman–Crippen LogP) is 1.64. The number of benzene rings is 1. The number of nitrogens with zero attached hydrogens (tertiary/aromatic N) is 2. The zero-order chi connectivity index (χ0) is 12.3. The fourth-order valence-electron chi connectivity index (χ4n) is 1.44. The molecule has 6 heteroatoms. The predicted molar refractivity (Wildman–Crippen MR) is 62.0 cm³/mol. The summed E-state index contributed by atoms with van der Waals surface area (Å²) in [5.41, 5.74) is 6.16. The molecule has 0 saturated heterocycles. The lowest BCUT2D eigenvalue weighted by molar-refractivity contribution is 0.0254. The molecule has 17 heavy (non-hydrogen) atoms. The lowest BCUT2D eigenvalue weighted by Crippen LogP contribution is -2.35. The van der Waals surface area contributed by atoms with Crippen LogP contribution in [0.1, 0.15) is 0 Å². The molecule has 1 heterocycles. The summed E-state index contributed by atoms with van der Waals surface area (Å²) in [5, 5.41) is 11.1. The molecule has 3 N–H and O–H groups in total. The van der Waals surface area contributed by atoms with E-state index in [0.717, 1.165) is 5.39 Å². The summed E-state index contributed by atoms with van der Waals surface area (Å²) in [6.45, 7) is -1.20. The Labute approximate surface area is 96.8 Å². The molecule has 0 bridgehead atoms. The Bertz CT molecular complexity index is 510. The smallest absolute Gasteiger partial charge is 0.276 e. The molecule has 2 rings (SSSR count). The van der Waals surface area contributed by atoms with Gasteiger partial charge in [-0.3, -0.25) is 0 Å². The molecule has 1 aromatic heterocycles. The van der Waals surface area contributed by atoms with Gasteiger partial charge < -0.3 is 11.1 Å². The number of halogens is 2. The molecule has 0 saturated carbocycles. The van der Waals surface area contributed by atoms with Crippen molar-refractivity contribution in [2.45, 2.75) is 5.92 Å². The zero-order valence-electron chi connectivity index (χ0n) is 9.03. The summed E-state index contributed by atoms with van der Waals surface area (Å²) < 4.78 is 26.0. The number of aromatic nitrogens is 2. The van der Waals surface area contributed by atoms with Gasteiger partial charge in [-0.25, -0.2) is 8.78 Å². The second kappa shape index (κ2) is 4.58. The lowest BCUT2D eigenvalue weighted by atomic mass is 10.2. The Morgan fingerprint density at radius 1 is 1.29 bits per heavy atom. The van der Waals surface area contributed by atoms with Crippen molar-refractivity contribution in [2.24, 2.45) is 5.73 Å². The summed E-state index contributed by atoms with van der Waals surface area (Å²) >= 11 is 0. The third-order valence-corrected chi connectivity index (χ3v) is 2.38. The number of nitrogens with one attached hydrogen (secondary N) is 1. The Morgan fingerprint density at radius 3 is 2.82 bits per heavy atom. The molecule has 0 unspecified atom stereocenters. The highest BCUT2D eigenvalue weighted by atomic mass is 19.3. The van der Waals surface area contributed by atoms with Crippen LogP contribution in [0.2, 0.25) is 0 Å². The number of anilines is 1. The summed E-state index contributed by atoms with van der Waals surface area (Å²) in [5.74, 6) is -2.93. The van der Waals surface area contributed by atoms with Crippen LogP contribution in [0.4, 0.5) is 14.5 Å². The van der Waals surface area contributed by atoms with E-state index in [4.69, 9.17) is 5.73 Å². The molecule has 1 aromatic carbocycles. The molecular formula is C11H12F2N4. The van der Waals surface area contributed by atoms with Crippen LogP contribution in [0, 0.1) is 0 Å². The van der Waals surface area contributed by atoms with Gasteiger partial charge in [0.1, 0.15) is 0 Å². The van der Waals surface area contributed by atoms with Crippen LogP contribution in [-0.4, -0.2) is 29.2 Å². The average molecular weight is 238 g/mol. The van der Waals surface area contributed by atoms with Gasteiger partial charge in [-0.2, -0.15) is 10.2 Å². The average Bonchev–Trinajstić information content (AvgIpc) is 2.36. The van der Waals surface area contributed by atoms with Gasteiger partial charge in [0.25, 0.3) is 5.92 Å². The van der Waals surface area contributed by atoms with Gasteiger partial charge in [0, 0.05) is 5.39 Å². The summed E-state index contributed by atoms with van der Waals surface area (Å²) in [4.78, 5) is 0. The molecule has 0 aliphatic carbocycles. The number of fused-ring (bicyclic) bond motifs is 1. The Morgan fingerprint density at radius 2 is 2.06 bits per heavy atom. The first-order chi connectivity index (χ1) is 8.12. The normalized spacial score (nSPS) is 11.7. The number of hydrogen-bond acceptors (Lipinski definition) is 4. The first-order valence-corrected chi connectivity index (χ1v) is 5.14. The highest BCUT2D eigenvalue weighted by Crippen LogP contribution is 2.21. The molecular weight excluding hydrogens is 226 g/mol. The first-order valence-electron chi connectivity index (χ1n) is 5.14. The fourth-order valence-corrected chi connectivity index (χ4v) is 1.44. The minimum absolute atomic E-state index is 0.515. The Hall–Kier alpha value is -1.82. The van der Waals surface area contributed by atoms with E-state index in [0.29, 0.717) is 11.2 Å². The third kappa shape index (κ3) is 2.65. The molecule has 0 spiro atoms. The number of nitrogens with two attached hydrogens (primary N) is 1. The molecule has 0 aliphatic heterocycles. The molecule has 0 aliphatic rings. The van der Waals surface area contributed by atoms with Crippen LogP contribution in [-0.2, 0) is 0 Å². The topological polar surface area (TPSA) is 63.8 Å². The van der Waals surface area contributed by atoms with E-state index < -0.39 is 19.0 Å². The van der Waals surface area contributed by atoms with Crippen molar-refractivity contribution in [1.82, 2.24) is 10.2 Å². The van der Waals surface area contributed by atoms with Gasteiger partial charge in [0.15, 0.2) is 0 Å². The van der Waals surface area contributed by atoms with Gasteiger partial charge >= 0.3 is 0 Å². The minimum Gasteiger partial charge on any atom is -0.377 e. The van der Waals surface area contributed by atoms with Gasteiger partial charge in [-0.1, -0.05) is 18.2 Å². The van der Waals surface area contributed by atoms with Crippen LogP contribution in [0.15, 0.2) is 30.5 Å². The van der Waals surface area contributed by atoms with Crippen molar-refractivity contribution in [3.63, 3.8) is 0 Å². The fraction of sp³-hybridized carbons (Fsp3) is 0.273. The van der Waals surface area contributed by atoms with Crippen molar-refractivity contribution in [2.75, 3.05) is 18.4 Å². The quantitative estimate of drug-likeness (QED) is 0.849. The second-order valence-electron chi connectivity index (χ2n) is 3.69. The Kier molecular flexibility index (Phi) is 3.14. The van der Waals surface area contributed by atoms with Gasteiger partial charge in [0.2, 0.25) is 0 Å². The second-order valence-corrected chi connectivity index (χ2v) is 3.69. The van der Waals surface area contributed by atoms with Gasteiger partial charge in [-0.05, 0) is 6.07 Å². The standard InChI is InChI=1S/C11H12F2N4/c12-11(13,6-14)7-15-10-5-16-17-9-4-2-1-3-8(9)10/h1-5H,6-7,14H2,(H,15,17). The van der Waals surface area contributed by atoms with Crippen LogP contribution in [0.5, 0.6) is 0 Å². The monoisotopic (exact) mass is 238 g/mol. The summed E-state index contributed by atoms with van der Waals surface area (Å²) in [6, 6.07) is 7.20. The number of hydrogen-bond donors (Lipinski definition) is 2. The van der Waals surface area contributed by atoms with Crippen LogP contribution in [0.3, 0.4) is 0 Å². The highest BCUT2D eigenvalue weighted by molar-refractivity contribution is 5.90. The maximum Gasteiger partial charge on any atom is 0.276 e. The van der Waals surface area contributed by atoms with Crippen molar-refractivity contribution < 1.29 is 8.78 Å². The van der Waals surface area contributed by atoms with Gasteiger partial charge in [0.05, 0.1) is 30.5 Å². The minimum atomic E-state index is -2.93. The molecule has 90 valence electrons. The maximum atomic E-state index is 13.0. The van der Waals surface area contributed by atoms with Crippen LogP contribution < -0.4 is 11.1 Å². The van der Waals surface area contributed by atoms with E-state index in [2.05, 4.69) is 15.5 Å². The van der Waals surface area contributed by atoms with E-state index in [1.165, 1.54) is 6.20 Å². The molecule has 0 amide bonds. The third-order valence-electron chi connectivity index (χ3n) is 2.38. The SMILES string of the molecule is NCC(F)(F)CNc1cnnc2ccccc12. The molecule has 2 aromatic rings. The van der Waals surface area contributed by atoms with E-state index in [9.17, 15) is 8.78 Å². The van der Waals surface area contributed by atoms with Crippen molar-refractivity contribution in [1.29, 1.82) is 0 Å². The van der Waals surface area contributed by atoms with E-state index in [1.807, 2.05) is 12.1 Å². The van der Waals surface area contributed by atoms with Crippen molar-refractivity contribution in [3.05, 3.63) is 30.5 Å². The summed E-state index contributed by atoms with van der Waals surface area (Å²) in [6.07, 6.45) is 1.43. The number of alkyl halides is 2. The van der Waals surface area contributed by atoms with Crippen molar-refractivity contribution >= 4 is 16.6 Å². The lowest BCUT2D eigenvalue weighted by Gasteiger charge is -2.15. The summed E-state index contributed by atoms with van der Waals surface area (Å²) in [7, 11) is 0. The molecule has 4 nitrogen and oxygen atoms in total. The molecule has 0 fully saturated rings. The van der Waals surface area contributed by atoms with Crippen LogP contribution >= 0.6 is 0 Å². The molecule has 0 atom stereocenters. The zero-order valence-corrected chi connectivity index (χ0v) is 9.03. The molecule has 0 radical (unpaired) electrons. The van der Waals surface area contributed by atoms with E-state index in [1.54, 1.807) is 12.1 Å². The van der Waals surface area contributed by atoms with E-state index in [-0.39, 0.29) is 0 Å². The van der Waals surface area contributed by atoms with Gasteiger partial charge in [-0.15, -0.1) is 0 Å². The highest BCUT2D eigenvalue weighted by Gasteiger charge is 2.26. The number of rotatable bonds is 4. The Balaban J connectivity index is 2.24. The van der Waals surface area contributed by atoms with Crippen molar-refractivity contribution in [3.8, 4) is 0 Å².